The molecule has 0 aliphatic heterocycles. The van der Waals surface area contributed by atoms with Crippen molar-refractivity contribution in [2.75, 3.05) is 10.6 Å². The fourth-order valence-electron chi connectivity index (χ4n) is 3.29. The number of anilines is 2. The predicted molar refractivity (Wildman–Crippen MR) is 128 cm³/mol. The van der Waals surface area contributed by atoms with E-state index in [4.69, 9.17) is 0 Å². The van der Waals surface area contributed by atoms with E-state index in [0.29, 0.717) is 5.92 Å². The molecule has 0 spiro atoms. The van der Waals surface area contributed by atoms with Crippen LogP contribution in [0, 0.1) is 0 Å². The van der Waals surface area contributed by atoms with E-state index in [9.17, 15) is 4.79 Å². The summed E-state index contributed by atoms with van der Waals surface area (Å²) in [5.41, 5.74) is 4.95. The summed E-state index contributed by atoms with van der Waals surface area (Å²) in [6, 6.07) is 6.25. The van der Waals surface area contributed by atoms with Crippen LogP contribution in [0.3, 0.4) is 0 Å². The first-order chi connectivity index (χ1) is 13.9. The zero-order valence-corrected chi connectivity index (χ0v) is 18.8. The molecule has 1 amide bonds. The van der Waals surface area contributed by atoms with Gasteiger partial charge in [-0.2, -0.15) is 0 Å². The van der Waals surface area contributed by atoms with E-state index in [1.807, 2.05) is 26.1 Å². The van der Waals surface area contributed by atoms with Crippen molar-refractivity contribution in [3.05, 3.63) is 60.3 Å². The average molecular weight is 396 g/mol. The molecule has 2 N–H and O–H groups in total. The van der Waals surface area contributed by atoms with Gasteiger partial charge in [0.1, 0.15) is 5.84 Å². The fraction of sp³-hybridized carbons (Fsp3) is 0.440. The van der Waals surface area contributed by atoms with Gasteiger partial charge in [0.05, 0.1) is 11.4 Å². The molecule has 4 nitrogen and oxygen atoms in total. The van der Waals surface area contributed by atoms with Gasteiger partial charge in [0, 0.05) is 6.20 Å². The Morgan fingerprint density at radius 1 is 1.10 bits per heavy atom. The summed E-state index contributed by atoms with van der Waals surface area (Å²) in [6.07, 6.45) is 8.58. The highest BCUT2D eigenvalue weighted by molar-refractivity contribution is 6.04. The van der Waals surface area contributed by atoms with Gasteiger partial charge in [0.25, 0.3) is 0 Å². The highest BCUT2D eigenvalue weighted by Crippen LogP contribution is 2.32. The number of hydrogen-bond acceptors (Lipinski definition) is 2. The SMILES string of the molecule is C=CC(=O)Nc1cc(C(CCC)CCC)ccc1N/C(C)=N/C=C(/CC)C(=C)C. The van der Waals surface area contributed by atoms with E-state index in [0.717, 1.165) is 60.5 Å². The maximum absolute atomic E-state index is 12.0. The minimum absolute atomic E-state index is 0.224. The van der Waals surface area contributed by atoms with Crippen molar-refractivity contribution in [3.63, 3.8) is 0 Å². The summed E-state index contributed by atoms with van der Waals surface area (Å²) >= 11 is 0. The molecule has 0 atom stereocenters. The third kappa shape index (κ3) is 8.10. The van der Waals surface area contributed by atoms with Crippen LogP contribution in [0.25, 0.3) is 0 Å². The smallest absolute Gasteiger partial charge is 0.247 e. The number of rotatable bonds is 11. The van der Waals surface area contributed by atoms with E-state index >= 15 is 0 Å². The van der Waals surface area contributed by atoms with Gasteiger partial charge in [-0.3, -0.25) is 4.79 Å². The molecule has 29 heavy (non-hydrogen) atoms. The van der Waals surface area contributed by atoms with Crippen LogP contribution >= 0.6 is 0 Å². The Morgan fingerprint density at radius 2 is 1.76 bits per heavy atom. The van der Waals surface area contributed by atoms with Crippen LogP contribution in [0.15, 0.2) is 59.8 Å². The summed E-state index contributed by atoms with van der Waals surface area (Å²) in [4.78, 5) is 16.5. The Bertz CT molecular complexity index is 768. The second-order valence-electron chi connectivity index (χ2n) is 7.40. The van der Waals surface area contributed by atoms with Crippen molar-refractivity contribution in [1.29, 1.82) is 0 Å². The Labute approximate surface area is 176 Å². The van der Waals surface area contributed by atoms with Crippen LogP contribution in [-0.4, -0.2) is 11.7 Å². The highest BCUT2D eigenvalue weighted by atomic mass is 16.1. The van der Waals surface area contributed by atoms with Crippen molar-refractivity contribution < 1.29 is 4.79 Å². The lowest BCUT2D eigenvalue weighted by atomic mass is 9.90. The number of nitrogens with zero attached hydrogens (tertiary/aromatic N) is 1. The number of nitrogens with one attached hydrogen (secondary N) is 2. The Kier molecular flexibility index (Phi) is 10.7. The summed E-state index contributed by atoms with van der Waals surface area (Å²) in [7, 11) is 0. The lowest BCUT2D eigenvalue weighted by Crippen LogP contribution is -2.14. The highest BCUT2D eigenvalue weighted by Gasteiger charge is 2.14. The molecule has 0 saturated heterocycles. The van der Waals surface area contributed by atoms with Gasteiger partial charge in [0.15, 0.2) is 0 Å². The lowest BCUT2D eigenvalue weighted by Gasteiger charge is -2.19. The van der Waals surface area contributed by atoms with Crippen molar-refractivity contribution in [2.45, 2.75) is 72.6 Å². The molecule has 0 aliphatic rings. The molecule has 0 bridgehead atoms. The van der Waals surface area contributed by atoms with Crippen molar-refractivity contribution in [1.82, 2.24) is 0 Å². The number of allylic oxidation sites excluding steroid dienone is 2. The molecule has 4 heteroatoms. The summed E-state index contributed by atoms with van der Waals surface area (Å²) < 4.78 is 0. The fourth-order valence-corrected chi connectivity index (χ4v) is 3.29. The maximum atomic E-state index is 12.0. The van der Waals surface area contributed by atoms with Gasteiger partial charge >= 0.3 is 0 Å². The van der Waals surface area contributed by atoms with Gasteiger partial charge in [-0.1, -0.05) is 58.4 Å². The summed E-state index contributed by atoms with van der Waals surface area (Å²) in [5.74, 6) is 1.02. The number of carbonyl (C=O) groups is 1. The molecular formula is C25H37N3O. The Balaban J connectivity index is 3.22. The largest absolute Gasteiger partial charge is 0.342 e. The number of hydrogen-bond donors (Lipinski definition) is 2. The molecule has 0 unspecified atom stereocenters. The first-order valence-electron chi connectivity index (χ1n) is 10.6. The Hall–Kier alpha value is -2.62. The molecule has 0 heterocycles. The third-order valence-corrected chi connectivity index (χ3v) is 4.89. The number of amides is 1. The quantitative estimate of drug-likeness (QED) is 0.180. The molecular weight excluding hydrogens is 358 g/mol. The molecule has 0 radical (unpaired) electrons. The summed E-state index contributed by atoms with van der Waals surface area (Å²) in [5, 5.41) is 6.25. The van der Waals surface area contributed by atoms with Gasteiger partial charge in [-0.15, -0.1) is 0 Å². The van der Waals surface area contributed by atoms with E-state index < -0.39 is 0 Å². The van der Waals surface area contributed by atoms with Gasteiger partial charge < -0.3 is 10.6 Å². The monoisotopic (exact) mass is 395 g/mol. The second kappa shape index (κ2) is 12.8. The number of aliphatic imine (C=N–C) groups is 1. The molecule has 1 aromatic rings. The van der Waals surface area contributed by atoms with Crippen LogP contribution in [0.1, 0.15) is 78.2 Å². The van der Waals surface area contributed by atoms with Crippen molar-refractivity contribution in [3.8, 4) is 0 Å². The molecule has 0 aromatic heterocycles. The summed E-state index contributed by atoms with van der Waals surface area (Å²) in [6.45, 7) is 18.0. The van der Waals surface area contributed by atoms with Crippen molar-refractivity contribution in [2.24, 2.45) is 4.99 Å². The third-order valence-electron chi connectivity index (χ3n) is 4.89. The Morgan fingerprint density at radius 3 is 2.28 bits per heavy atom. The molecule has 1 rings (SSSR count). The van der Waals surface area contributed by atoms with E-state index in [1.165, 1.54) is 11.6 Å². The van der Waals surface area contributed by atoms with Crippen LogP contribution < -0.4 is 10.6 Å². The van der Waals surface area contributed by atoms with Crippen LogP contribution in [0.4, 0.5) is 11.4 Å². The van der Waals surface area contributed by atoms with Crippen LogP contribution in [-0.2, 0) is 4.79 Å². The minimum atomic E-state index is -0.224. The van der Waals surface area contributed by atoms with Crippen LogP contribution in [0.5, 0.6) is 0 Å². The van der Waals surface area contributed by atoms with Crippen LogP contribution in [0.2, 0.25) is 0 Å². The van der Waals surface area contributed by atoms with Crippen molar-refractivity contribution >= 4 is 23.1 Å². The van der Waals surface area contributed by atoms with E-state index in [2.05, 4.69) is 61.7 Å². The van der Waals surface area contributed by atoms with Gasteiger partial charge in [-0.25, -0.2) is 4.99 Å². The van der Waals surface area contributed by atoms with E-state index in [1.54, 1.807) is 0 Å². The standard InChI is InChI=1S/C25H37N3O/c1-8-12-21(13-9-2)22-14-15-23(24(16-22)28-25(29)11-4)27-19(7)26-17-20(10-3)18(5)6/h11,14-17,21H,4-5,8-10,12-13H2,1-3,6-7H3,(H,26,27)(H,28,29)/b20-17-. The maximum Gasteiger partial charge on any atom is 0.247 e. The normalized spacial score (nSPS) is 12.1. The topological polar surface area (TPSA) is 53.5 Å². The molecule has 1 aromatic carbocycles. The van der Waals surface area contributed by atoms with Gasteiger partial charge in [-0.05, 0) is 68.4 Å². The molecule has 0 fully saturated rings. The molecule has 158 valence electrons. The predicted octanol–water partition coefficient (Wildman–Crippen LogP) is 7.20. The number of carbonyl (C=O) groups excluding carboxylic acids is 1. The van der Waals surface area contributed by atoms with E-state index in [-0.39, 0.29) is 5.91 Å². The first-order valence-corrected chi connectivity index (χ1v) is 10.6. The molecule has 0 aliphatic carbocycles. The zero-order valence-electron chi connectivity index (χ0n) is 18.8. The average Bonchev–Trinajstić information content (AvgIpc) is 2.69. The zero-order chi connectivity index (χ0) is 21.8. The molecule has 0 saturated carbocycles. The first kappa shape index (κ1) is 24.4. The lowest BCUT2D eigenvalue weighted by molar-refractivity contribution is -0.111. The second-order valence-corrected chi connectivity index (χ2v) is 7.40. The van der Waals surface area contributed by atoms with Gasteiger partial charge in [0.2, 0.25) is 5.91 Å². The number of benzene rings is 1. The minimum Gasteiger partial charge on any atom is -0.342 e. The number of amidine groups is 1.